The van der Waals surface area contributed by atoms with Gasteiger partial charge in [-0.2, -0.15) is 5.10 Å². The van der Waals surface area contributed by atoms with Gasteiger partial charge >= 0.3 is 0 Å². The molecule has 6 heteroatoms. The smallest absolute Gasteiger partial charge is 0.215 e. The predicted octanol–water partition coefficient (Wildman–Crippen LogP) is 4.15. The Morgan fingerprint density at radius 2 is 1.92 bits per heavy atom. The fourth-order valence-corrected chi connectivity index (χ4v) is 1.10. The van der Waals surface area contributed by atoms with Gasteiger partial charge in [0, 0.05) is 5.02 Å². The molecule has 0 unspecified atom stereocenters. The fraction of sp³-hybridized carbons (Fsp3) is 0. The molecule has 0 aromatic heterocycles. The number of hydrogen-bond donors (Lipinski definition) is 1. The molecule has 0 saturated carbocycles. The molecule has 0 spiro atoms. The van der Waals surface area contributed by atoms with Gasteiger partial charge in [-0.1, -0.05) is 23.2 Å². The van der Waals surface area contributed by atoms with Crippen molar-refractivity contribution in [2.45, 2.75) is 0 Å². The summed E-state index contributed by atoms with van der Waals surface area (Å²) in [5, 5.41) is 4.59. The molecule has 0 heterocycles. The normalized spacial score (nSPS) is 9.54. The first kappa shape index (κ1) is 10.9. The van der Waals surface area contributed by atoms with Crippen LogP contribution in [0.3, 0.4) is 0 Å². The molecule has 0 aliphatic carbocycles. The van der Waals surface area contributed by atoms with Crippen LogP contribution in [0.4, 0.5) is 5.69 Å². The summed E-state index contributed by atoms with van der Waals surface area (Å²) in [5.41, 5.74) is 3.11. The average Bonchev–Trinajstić information content (AvgIpc) is 2.06. The van der Waals surface area contributed by atoms with Gasteiger partial charge < -0.3 is 0 Å². The van der Waals surface area contributed by atoms with Gasteiger partial charge in [0.2, 0.25) is 4.63 Å². The Hall–Kier alpha value is -0.150. The van der Waals surface area contributed by atoms with E-state index in [0.29, 0.717) is 15.7 Å². The van der Waals surface area contributed by atoms with Gasteiger partial charge in [0.25, 0.3) is 0 Å². The summed E-state index contributed by atoms with van der Waals surface area (Å²) in [4.78, 5) is 0. The summed E-state index contributed by atoms with van der Waals surface area (Å²) in [6.07, 6.45) is 0. The molecule has 0 fully saturated rings. The lowest BCUT2D eigenvalue weighted by atomic mass is 10.3. The van der Waals surface area contributed by atoms with Crippen LogP contribution in [0, 0.1) is 0 Å². The van der Waals surface area contributed by atoms with E-state index in [2.05, 4.69) is 10.5 Å². The van der Waals surface area contributed by atoms with Gasteiger partial charge in [-0.3, -0.25) is 5.43 Å². The van der Waals surface area contributed by atoms with Crippen molar-refractivity contribution in [2.24, 2.45) is 5.10 Å². The zero-order chi connectivity index (χ0) is 9.84. The van der Waals surface area contributed by atoms with E-state index in [-0.39, 0.29) is 4.63 Å². The van der Waals surface area contributed by atoms with Crippen LogP contribution in [0.2, 0.25) is 10.0 Å². The van der Waals surface area contributed by atoms with Gasteiger partial charge in [-0.05, 0) is 41.4 Å². The van der Waals surface area contributed by atoms with Crippen LogP contribution in [-0.2, 0) is 0 Å². The van der Waals surface area contributed by atoms with Crippen molar-refractivity contribution < 1.29 is 0 Å². The summed E-state index contributed by atoms with van der Waals surface area (Å²) < 4.78 is -0.129. The maximum atomic E-state index is 5.80. The van der Waals surface area contributed by atoms with E-state index in [1.54, 1.807) is 18.2 Å². The number of anilines is 1. The summed E-state index contributed by atoms with van der Waals surface area (Å²) in [6.45, 7) is 0. The number of hydrazone groups is 1. The van der Waals surface area contributed by atoms with Gasteiger partial charge in [-0.15, -0.1) is 0 Å². The number of nitrogens with one attached hydrogen (secondary N) is 1. The number of rotatable bonds is 2. The Bertz CT molecular complexity index is 333. The Kier molecular flexibility index (Phi) is 4.13. The monoisotopic (exact) mass is 256 g/mol. The average molecular weight is 258 g/mol. The lowest BCUT2D eigenvalue weighted by molar-refractivity contribution is 1.36. The van der Waals surface area contributed by atoms with E-state index in [9.17, 15) is 0 Å². The van der Waals surface area contributed by atoms with Crippen LogP contribution >= 0.6 is 46.4 Å². The quantitative estimate of drug-likeness (QED) is 0.625. The third kappa shape index (κ3) is 3.61. The molecule has 0 atom stereocenters. The highest BCUT2D eigenvalue weighted by molar-refractivity contribution is 6.95. The Morgan fingerprint density at radius 1 is 1.23 bits per heavy atom. The van der Waals surface area contributed by atoms with Gasteiger partial charge in [0.15, 0.2) is 0 Å². The van der Waals surface area contributed by atoms with Gasteiger partial charge in [-0.25, -0.2) is 0 Å². The SMILES string of the molecule is ClC(Cl)=NNc1cc(Cl)ccc1Cl. The molecule has 70 valence electrons. The zero-order valence-corrected chi connectivity index (χ0v) is 9.21. The van der Waals surface area contributed by atoms with Crippen LogP contribution < -0.4 is 5.43 Å². The zero-order valence-electron chi connectivity index (χ0n) is 6.19. The van der Waals surface area contributed by atoms with E-state index in [1.807, 2.05) is 0 Å². The minimum absolute atomic E-state index is 0.129. The maximum Gasteiger partial charge on any atom is 0.215 e. The molecule has 1 aromatic carbocycles. The molecule has 0 aliphatic rings. The number of hydrogen-bond acceptors (Lipinski definition) is 2. The highest BCUT2D eigenvalue weighted by Crippen LogP contribution is 2.25. The standard InChI is InChI=1S/C7H4Cl4N2/c8-4-1-2-5(9)6(3-4)12-13-7(10)11/h1-3,12H. The summed E-state index contributed by atoms with van der Waals surface area (Å²) in [5.74, 6) is 0. The van der Waals surface area contributed by atoms with Crippen LogP contribution in [0.15, 0.2) is 23.3 Å². The molecule has 1 N–H and O–H groups in total. The molecule has 0 radical (unpaired) electrons. The summed E-state index contributed by atoms with van der Waals surface area (Å²) >= 11 is 22.1. The van der Waals surface area contributed by atoms with Gasteiger partial charge in [0.05, 0.1) is 10.7 Å². The largest absolute Gasteiger partial charge is 0.275 e. The first-order valence-corrected chi connectivity index (χ1v) is 4.70. The van der Waals surface area contributed by atoms with E-state index >= 15 is 0 Å². The maximum absolute atomic E-state index is 5.80. The van der Waals surface area contributed by atoms with Crippen molar-refractivity contribution in [2.75, 3.05) is 5.43 Å². The van der Waals surface area contributed by atoms with Crippen molar-refractivity contribution in [3.8, 4) is 0 Å². The highest BCUT2D eigenvalue weighted by Gasteiger charge is 1.99. The summed E-state index contributed by atoms with van der Waals surface area (Å²) in [6, 6.07) is 4.93. The van der Waals surface area contributed by atoms with Crippen molar-refractivity contribution in [3.05, 3.63) is 28.2 Å². The second kappa shape index (κ2) is 4.91. The molecule has 0 bridgehead atoms. The van der Waals surface area contributed by atoms with Gasteiger partial charge in [0.1, 0.15) is 0 Å². The molecule has 13 heavy (non-hydrogen) atoms. The fourth-order valence-electron chi connectivity index (χ4n) is 0.686. The van der Waals surface area contributed by atoms with E-state index in [4.69, 9.17) is 46.4 Å². The van der Waals surface area contributed by atoms with E-state index in [0.717, 1.165) is 0 Å². The van der Waals surface area contributed by atoms with Crippen molar-refractivity contribution >= 4 is 56.7 Å². The lowest BCUT2D eigenvalue weighted by Crippen LogP contribution is -1.90. The minimum atomic E-state index is -0.129. The predicted molar refractivity (Wildman–Crippen MR) is 59.2 cm³/mol. The Morgan fingerprint density at radius 3 is 2.54 bits per heavy atom. The molecule has 0 aliphatic heterocycles. The van der Waals surface area contributed by atoms with Crippen LogP contribution in [0.1, 0.15) is 0 Å². The molecular formula is C7H4Cl4N2. The van der Waals surface area contributed by atoms with E-state index in [1.165, 1.54) is 0 Å². The molecule has 1 aromatic rings. The molecular weight excluding hydrogens is 254 g/mol. The second-order valence-electron chi connectivity index (χ2n) is 2.09. The molecule has 0 saturated heterocycles. The van der Waals surface area contributed by atoms with E-state index < -0.39 is 0 Å². The first-order chi connectivity index (χ1) is 6.09. The van der Waals surface area contributed by atoms with Crippen LogP contribution in [0.25, 0.3) is 0 Å². The second-order valence-corrected chi connectivity index (χ2v) is 3.84. The molecule has 0 amide bonds. The van der Waals surface area contributed by atoms with Crippen LogP contribution in [0.5, 0.6) is 0 Å². The van der Waals surface area contributed by atoms with Crippen LogP contribution in [-0.4, -0.2) is 4.63 Å². The number of benzene rings is 1. The van der Waals surface area contributed by atoms with Crippen molar-refractivity contribution in [1.29, 1.82) is 0 Å². The Labute approximate surface area is 95.4 Å². The van der Waals surface area contributed by atoms with Crippen molar-refractivity contribution in [3.63, 3.8) is 0 Å². The lowest BCUT2D eigenvalue weighted by Gasteiger charge is -2.02. The third-order valence-corrected chi connectivity index (χ3v) is 1.92. The summed E-state index contributed by atoms with van der Waals surface area (Å²) in [7, 11) is 0. The first-order valence-electron chi connectivity index (χ1n) is 3.19. The third-order valence-electron chi connectivity index (χ3n) is 1.19. The molecule has 1 rings (SSSR count). The minimum Gasteiger partial charge on any atom is -0.275 e. The molecule has 2 nitrogen and oxygen atoms in total. The number of nitrogens with zero attached hydrogens (tertiary/aromatic N) is 1. The number of halogens is 4. The van der Waals surface area contributed by atoms with Crippen molar-refractivity contribution in [1.82, 2.24) is 0 Å². The Balaban J connectivity index is 2.87. The topological polar surface area (TPSA) is 24.4 Å². The highest BCUT2D eigenvalue weighted by atomic mass is 35.5.